The first-order valence-corrected chi connectivity index (χ1v) is 8.43. The van der Waals surface area contributed by atoms with Gasteiger partial charge in [0.05, 0.1) is 0 Å². The minimum atomic E-state index is -0.246. The lowest BCUT2D eigenvalue weighted by molar-refractivity contribution is -0.124. The SMILES string of the molecule is CC1(C)Cc2cccc(OCC(=O)NCCNC(=O)C3CC3)c2O1. The molecule has 2 aliphatic rings. The molecule has 2 N–H and O–H groups in total. The molecule has 0 radical (unpaired) electrons. The lowest BCUT2D eigenvalue weighted by atomic mass is 10.0. The zero-order valence-electron chi connectivity index (χ0n) is 14.2. The van der Waals surface area contributed by atoms with E-state index >= 15 is 0 Å². The van der Waals surface area contributed by atoms with Crippen molar-refractivity contribution in [1.82, 2.24) is 10.6 Å². The highest BCUT2D eigenvalue weighted by molar-refractivity contribution is 5.81. The second kappa shape index (κ2) is 6.71. The average Bonchev–Trinajstić information content (AvgIpc) is 3.31. The van der Waals surface area contributed by atoms with E-state index in [1.165, 1.54) is 0 Å². The van der Waals surface area contributed by atoms with Crippen molar-refractivity contribution in [1.29, 1.82) is 0 Å². The molecule has 1 aliphatic heterocycles. The summed E-state index contributed by atoms with van der Waals surface area (Å²) in [4.78, 5) is 23.3. The standard InChI is InChI=1S/C18H24N2O4/c1-18(2)10-13-4-3-5-14(16(13)24-18)23-11-15(21)19-8-9-20-17(22)12-6-7-12/h3-5,12H,6-11H2,1-2H3,(H,19,21)(H,20,22). The van der Waals surface area contributed by atoms with Gasteiger partial charge in [-0.2, -0.15) is 0 Å². The molecule has 1 fully saturated rings. The maximum Gasteiger partial charge on any atom is 0.258 e. The topological polar surface area (TPSA) is 76.7 Å². The summed E-state index contributed by atoms with van der Waals surface area (Å²) in [5.41, 5.74) is 0.852. The Balaban J connectivity index is 1.41. The first-order chi connectivity index (χ1) is 11.4. The molecule has 3 rings (SSSR count). The van der Waals surface area contributed by atoms with Crippen molar-refractivity contribution in [3.05, 3.63) is 23.8 Å². The zero-order valence-corrected chi connectivity index (χ0v) is 14.2. The summed E-state index contributed by atoms with van der Waals surface area (Å²) in [7, 11) is 0. The molecule has 1 aromatic carbocycles. The number of fused-ring (bicyclic) bond motifs is 1. The Bertz CT molecular complexity index is 638. The second-order valence-electron chi connectivity index (χ2n) is 6.99. The van der Waals surface area contributed by atoms with Crippen molar-refractivity contribution < 1.29 is 19.1 Å². The number of hydrogen-bond acceptors (Lipinski definition) is 4. The number of rotatable bonds is 7. The first kappa shape index (κ1) is 16.6. The average molecular weight is 332 g/mol. The quantitative estimate of drug-likeness (QED) is 0.741. The maximum absolute atomic E-state index is 11.8. The Kier molecular flexibility index (Phi) is 4.64. The van der Waals surface area contributed by atoms with Gasteiger partial charge in [-0.25, -0.2) is 0 Å². The fraction of sp³-hybridized carbons (Fsp3) is 0.556. The third-order valence-corrected chi connectivity index (χ3v) is 4.11. The van der Waals surface area contributed by atoms with Gasteiger partial charge in [0.2, 0.25) is 5.91 Å². The van der Waals surface area contributed by atoms with Gasteiger partial charge in [0.15, 0.2) is 18.1 Å². The highest BCUT2D eigenvalue weighted by atomic mass is 16.5. The third kappa shape index (κ3) is 4.19. The molecule has 1 heterocycles. The summed E-state index contributed by atoms with van der Waals surface area (Å²) < 4.78 is 11.5. The van der Waals surface area contributed by atoms with Crippen LogP contribution >= 0.6 is 0 Å². The van der Waals surface area contributed by atoms with E-state index in [9.17, 15) is 9.59 Å². The van der Waals surface area contributed by atoms with Crippen LogP contribution in [0.4, 0.5) is 0 Å². The van der Waals surface area contributed by atoms with Gasteiger partial charge in [0.1, 0.15) is 5.60 Å². The van der Waals surface area contributed by atoms with Crippen LogP contribution in [-0.4, -0.2) is 37.1 Å². The van der Waals surface area contributed by atoms with Gasteiger partial charge < -0.3 is 20.1 Å². The fourth-order valence-corrected chi connectivity index (χ4v) is 2.77. The van der Waals surface area contributed by atoms with E-state index in [-0.39, 0.29) is 29.9 Å². The number of benzene rings is 1. The van der Waals surface area contributed by atoms with Crippen LogP contribution in [0, 0.1) is 5.92 Å². The van der Waals surface area contributed by atoms with Crippen LogP contribution in [0.15, 0.2) is 18.2 Å². The molecule has 6 nitrogen and oxygen atoms in total. The van der Waals surface area contributed by atoms with E-state index in [4.69, 9.17) is 9.47 Å². The molecule has 130 valence electrons. The van der Waals surface area contributed by atoms with Crippen molar-refractivity contribution in [2.24, 2.45) is 5.92 Å². The van der Waals surface area contributed by atoms with Gasteiger partial charge in [-0.15, -0.1) is 0 Å². The lowest BCUT2D eigenvalue weighted by Crippen LogP contribution is -2.37. The van der Waals surface area contributed by atoms with E-state index in [0.29, 0.717) is 18.8 Å². The smallest absolute Gasteiger partial charge is 0.258 e. The summed E-state index contributed by atoms with van der Waals surface area (Å²) in [5.74, 6) is 1.38. The van der Waals surface area contributed by atoms with Crippen LogP contribution < -0.4 is 20.1 Å². The minimum absolute atomic E-state index is 0.0726. The molecule has 6 heteroatoms. The number of nitrogens with one attached hydrogen (secondary N) is 2. The Morgan fingerprint density at radius 1 is 1.25 bits per heavy atom. The van der Waals surface area contributed by atoms with Crippen molar-refractivity contribution in [2.75, 3.05) is 19.7 Å². The molecule has 24 heavy (non-hydrogen) atoms. The number of ether oxygens (including phenoxy) is 2. The monoisotopic (exact) mass is 332 g/mol. The zero-order chi connectivity index (χ0) is 17.2. The number of carbonyl (C=O) groups is 2. The molecule has 0 atom stereocenters. The normalized spacial score (nSPS) is 17.6. The predicted octanol–water partition coefficient (Wildman–Crippen LogP) is 1.42. The minimum Gasteiger partial charge on any atom is -0.483 e. The van der Waals surface area contributed by atoms with Gasteiger partial charge >= 0.3 is 0 Å². The van der Waals surface area contributed by atoms with Crippen LogP contribution in [0.5, 0.6) is 11.5 Å². The molecule has 0 unspecified atom stereocenters. The molecule has 1 aliphatic carbocycles. The van der Waals surface area contributed by atoms with Crippen LogP contribution in [0.1, 0.15) is 32.3 Å². The molecule has 1 saturated carbocycles. The van der Waals surface area contributed by atoms with E-state index in [1.807, 2.05) is 32.0 Å². The van der Waals surface area contributed by atoms with E-state index < -0.39 is 0 Å². The van der Waals surface area contributed by atoms with Crippen molar-refractivity contribution in [2.45, 2.75) is 38.7 Å². The van der Waals surface area contributed by atoms with E-state index in [0.717, 1.165) is 30.6 Å². The molecular weight excluding hydrogens is 308 g/mol. The van der Waals surface area contributed by atoms with Crippen LogP contribution in [-0.2, 0) is 16.0 Å². The Morgan fingerprint density at radius 3 is 2.75 bits per heavy atom. The van der Waals surface area contributed by atoms with E-state index in [1.54, 1.807) is 0 Å². The molecule has 2 amide bonds. The van der Waals surface area contributed by atoms with Gasteiger partial charge in [0, 0.05) is 31.0 Å². The maximum atomic E-state index is 11.8. The highest BCUT2D eigenvalue weighted by Gasteiger charge is 2.32. The summed E-state index contributed by atoms with van der Waals surface area (Å²) in [6.45, 7) is 4.83. The number of hydrogen-bond donors (Lipinski definition) is 2. The summed E-state index contributed by atoms with van der Waals surface area (Å²) in [5, 5.41) is 5.53. The number of amides is 2. The molecule has 0 aromatic heterocycles. The number of carbonyl (C=O) groups excluding carboxylic acids is 2. The Hall–Kier alpha value is -2.24. The van der Waals surface area contributed by atoms with Gasteiger partial charge in [-0.05, 0) is 32.8 Å². The van der Waals surface area contributed by atoms with Crippen LogP contribution in [0.2, 0.25) is 0 Å². The molecule has 0 saturated heterocycles. The predicted molar refractivity (Wildman–Crippen MR) is 89.1 cm³/mol. The highest BCUT2D eigenvalue weighted by Crippen LogP contribution is 2.41. The second-order valence-corrected chi connectivity index (χ2v) is 6.99. The van der Waals surface area contributed by atoms with Crippen molar-refractivity contribution >= 4 is 11.8 Å². The largest absolute Gasteiger partial charge is 0.483 e. The fourth-order valence-electron chi connectivity index (χ4n) is 2.77. The molecular formula is C18H24N2O4. The summed E-state index contributed by atoms with van der Waals surface area (Å²) >= 11 is 0. The third-order valence-electron chi connectivity index (χ3n) is 4.11. The van der Waals surface area contributed by atoms with Crippen LogP contribution in [0.3, 0.4) is 0 Å². The van der Waals surface area contributed by atoms with Gasteiger partial charge in [-0.3, -0.25) is 9.59 Å². The van der Waals surface area contributed by atoms with Crippen molar-refractivity contribution in [3.63, 3.8) is 0 Å². The van der Waals surface area contributed by atoms with E-state index in [2.05, 4.69) is 10.6 Å². The first-order valence-electron chi connectivity index (χ1n) is 8.43. The number of para-hydroxylation sites is 1. The van der Waals surface area contributed by atoms with Crippen molar-refractivity contribution in [3.8, 4) is 11.5 Å². The van der Waals surface area contributed by atoms with Crippen LogP contribution in [0.25, 0.3) is 0 Å². The molecule has 0 bridgehead atoms. The summed E-state index contributed by atoms with van der Waals surface area (Å²) in [6, 6.07) is 5.73. The van der Waals surface area contributed by atoms with Gasteiger partial charge in [-0.1, -0.05) is 12.1 Å². The lowest BCUT2D eigenvalue weighted by Gasteiger charge is -2.18. The molecule has 0 spiro atoms. The summed E-state index contributed by atoms with van der Waals surface area (Å²) in [6.07, 6.45) is 2.78. The molecule has 1 aromatic rings. The Labute approximate surface area is 141 Å². The Morgan fingerprint density at radius 2 is 2.00 bits per heavy atom. The van der Waals surface area contributed by atoms with Gasteiger partial charge in [0.25, 0.3) is 5.91 Å².